The van der Waals surface area contributed by atoms with Crippen LogP contribution in [-0.2, 0) is 19.1 Å². The standard InChI is InChI=1S/C46H50F4N8O8/c1-26-19-32(15-18-66-26)44(2,56-43(63)64)41(60)58-25-46(49,50)21-36(58)39-52-23-34(54-39)30-11-7-28(8-12-30)4-3-27-5-9-29(10-6-27)33-22-51-38(53-33)35-20-45(47,48)24-57(35)40(59)37(55-42(61)62)31-13-16-65-17-14-31/h5-12,22-23,26,31-32,35-37,55-56H,13-21,24-25H2,1-2H3,(H,51,53)(H,52,54)(H,61,62)(H,63,64)/t26?,32?,35-,36-,37+,44+/m0/s1. The summed E-state index contributed by atoms with van der Waals surface area (Å²) in [4.78, 5) is 68.4. The lowest BCUT2D eigenvalue weighted by Gasteiger charge is -2.42. The van der Waals surface area contributed by atoms with Crippen LogP contribution in [0.1, 0.15) is 87.2 Å². The molecule has 4 aliphatic rings. The summed E-state index contributed by atoms with van der Waals surface area (Å²) in [5.74, 6) is -2.28. The van der Waals surface area contributed by atoms with Crippen molar-refractivity contribution in [2.45, 2.75) is 94.0 Å². The second-order valence-electron chi connectivity index (χ2n) is 17.7. The molecule has 4 fully saturated rings. The van der Waals surface area contributed by atoms with Crippen LogP contribution in [0.25, 0.3) is 22.5 Å². The van der Waals surface area contributed by atoms with Gasteiger partial charge in [-0.2, -0.15) is 0 Å². The van der Waals surface area contributed by atoms with Gasteiger partial charge in [0.15, 0.2) is 0 Å². The fourth-order valence-electron chi connectivity index (χ4n) is 9.60. The van der Waals surface area contributed by atoms with E-state index in [0.29, 0.717) is 79.1 Å². The number of amides is 4. The minimum absolute atomic E-state index is 0.147. The summed E-state index contributed by atoms with van der Waals surface area (Å²) in [6, 6.07) is 10.8. The highest BCUT2D eigenvalue weighted by atomic mass is 19.3. The molecule has 66 heavy (non-hydrogen) atoms. The Kier molecular flexibility index (Phi) is 12.9. The quantitative estimate of drug-likeness (QED) is 0.0742. The first-order valence-corrected chi connectivity index (χ1v) is 21.8. The minimum atomic E-state index is -3.23. The summed E-state index contributed by atoms with van der Waals surface area (Å²) in [6.45, 7) is 2.50. The number of halogens is 4. The van der Waals surface area contributed by atoms with Crippen LogP contribution in [0.3, 0.4) is 0 Å². The van der Waals surface area contributed by atoms with Crippen LogP contribution in [0.2, 0.25) is 0 Å². The topological polar surface area (TPSA) is 215 Å². The van der Waals surface area contributed by atoms with Gasteiger partial charge in [-0.05, 0) is 86.8 Å². The molecule has 2 unspecified atom stereocenters. The third kappa shape index (κ3) is 10.0. The molecule has 4 aliphatic heterocycles. The second kappa shape index (κ2) is 18.4. The van der Waals surface area contributed by atoms with Gasteiger partial charge in [-0.15, -0.1) is 0 Å². The molecule has 0 spiro atoms. The number of carboxylic acid groups (broad SMARTS) is 2. The molecule has 2 aromatic carbocycles. The van der Waals surface area contributed by atoms with E-state index in [4.69, 9.17) is 9.47 Å². The summed E-state index contributed by atoms with van der Waals surface area (Å²) < 4.78 is 70.9. The predicted molar refractivity (Wildman–Crippen MR) is 228 cm³/mol. The Morgan fingerprint density at radius 1 is 0.788 bits per heavy atom. The van der Waals surface area contributed by atoms with Crippen LogP contribution in [0.5, 0.6) is 0 Å². The summed E-state index contributed by atoms with van der Waals surface area (Å²) in [7, 11) is 0. The summed E-state index contributed by atoms with van der Waals surface area (Å²) >= 11 is 0. The molecular formula is C46H50F4N8O8. The van der Waals surface area contributed by atoms with Gasteiger partial charge in [0.05, 0.1) is 55.1 Å². The molecule has 4 aromatic rings. The fourth-order valence-corrected chi connectivity index (χ4v) is 9.60. The highest BCUT2D eigenvalue weighted by Gasteiger charge is 2.55. The van der Waals surface area contributed by atoms with Gasteiger partial charge in [0.1, 0.15) is 23.2 Å². The van der Waals surface area contributed by atoms with Crippen molar-refractivity contribution in [1.29, 1.82) is 0 Å². The van der Waals surface area contributed by atoms with Gasteiger partial charge in [0, 0.05) is 43.8 Å². The minimum Gasteiger partial charge on any atom is -0.465 e. The monoisotopic (exact) mass is 918 g/mol. The second-order valence-corrected chi connectivity index (χ2v) is 17.7. The van der Waals surface area contributed by atoms with Gasteiger partial charge < -0.3 is 50.1 Å². The summed E-state index contributed by atoms with van der Waals surface area (Å²) in [6.07, 6.45) is 0.118. The third-order valence-corrected chi connectivity index (χ3v) is 13.0. The summed E-state index contributed by atoms with van der Waals surface area (Å²) in [5.41, 5.74) is 2.08. The van der Waals surface area contributed by atoms with Crippen LogP contribution in [0.4, 0.5) is 27.2 Å². The van der Waals surface area contributed by atoms with E-state index in [9.17, 15) is 38.2 Å². The van der Waals surface area contributed by atoms with Crippen LogP contribution < -0.4 is 10.6 Å². The Labute approximate surface area is 376 Å². The van der Waals surface area contributed by atoms with E-state index >= 15 is 8.78 Å². The molecule has 20 heteroatoms. The molecule has 350 valence electrons. The number of hydrogen-bond donors (Lipinski definition) is 6. The normalized spacial score (nSPS) is 24.2. The van der Waals surface area contributed by atoms with Crippen molar-refractivity contribution in [3.63, 3.8) is 0 Å². The number of nitrogens with zero attached hydrogens (tertiary/aromatic N) is 4. The predicted octanol–water partition coefficient (Wildman–Crippen LogP) is 6.59. The van der Waals surface area contributed by atoms with Crippen LogP contribution in [0, 0.1) is 23.7 Å². The number of carbonyl (C=O) groups is 4. The molecule has 6 atom stereocenters. The van der Waals surface area contributed by atoms with Gasteiger partial charge in [0.25, 0.3) is 11.8 Å². The zero-order valence-corrected chi connectivity index (χ0v) is 36.2. The molecule has 8 rings (SSSR count). The zero-order chi connectivity index (χ0) is 47.0. The van der Waals surface area contributed by atoms with Crippen LogP contribution in [-0.4, -0.2) is 126 Å². The Morgan fingerprint density at radius 3 is 1.80 bits per heavy atom. The van der Waals surface area contributed by atoms with E-state index in [1.165, 1.54) is 19.3 Å². The maximum Gasteiger partial charge on any atom is 0.405 e. The summed E-state index contributed by atoms with van der Waals surface area (Å²) in [5, 5.41) is 23.8. The first-order chi connectivity index (χ1) is 31.4. The molecule has 6 heterocycles. The third-order valence-electron chi connectivity index (χ3n) is 13.0. The molecule has 0 saturated carbocycles. The molecule has 2 aromatic heterocycles. The van der Waals surface area contributed by atoms with Crippen molar-refractivity contribution in [3.8, 4) is 34.4 Å². The number of benzene rings is 2. The Hall–Kier alpha value is -6.46. The Morgan fingerprint density at radius 2 is 1.30 bits per heavy atom. The highest BCUT2D eigenvalue weighted by molar-refractivity contribution is 5.90. The molecule has 0 bridgehead atoms. The van der Waals surface area contributed by atoms with Gasteiger partial charge >= 0.3 is 12.2 Å². The average Bonchev–Trinajstić information content (AvgIpc) is 4.10. The number of likely N-dealkylation sites (tertiary alicyclic amines) is 2. The first kappa shape index (κ1) is 46.1. The average molecular weight is 919 g/mol. The number of H-pyrrole nitrogens is 2. The smallest absolute Gasteiger partial charge is 0.405 e. The maximum atomic E-state index is 15.1. The number of alkyl halides is 4. The van der Waals surface area contributed by atoms with Gasteiger partial charge in [-0.3, -0.25) is 9.59 Å². The number of ether oxygens (including phenoxy) is 2. The van der Waals surface area contributed by atoms with Gasteiger partial charge in [0.2, 0.25) is 11.8 Å². The Balaban J connectivity index is 0.927. The highest BCUT2D eigenvalue weighted by Crippen LogP contribution is 2.44. The number of imidazole rings is 2. The SMILES string of the molecule is CC1CC([C@@](C)(NC(=O)O)C(=O)N2CC(F)(F)C[C@H]2c2ncc(-c3ccc(C#Cc4ccc(-c5cnc([C@@H]6CC(F)(F)CN6C(=O)[C@H](NC(=O)O)C6CCOCC6)[nH]5)cc4)cc3)[nH]2)CCO1. The van der Waals surface area contributed by atoms with Crippen molar-refractivity contribution in [2.75, 3.05) is 32.9 Å². The van der Waals surface area contributed by atoms with E-state index < -0.39 is 97.3 Å². The molecule has 16 nitrogen and oxygen atoms in total. The lowest BCUT2D eigenvalue weighted by molar-refractivity contribution is -0.144. The number of aromatic nitrogens is 4. The van der Waals surface area contributed by atoms with Gasteiger partial charge in [-0.25, -0.2) is 37.1 Å². The lowest BCUT2D eigenvalue weighted by atomic mass is 9.77. The van der Waals surface area contributed by atoms with Crippen molar-refractivity contribution >= 4 is 24.0 Å². The molecule has 4 amide bonds. The molecule has 4 saturated heterocycles. The van der Waals surface area contributed by atoms with E-state index in [2.05, 4.69) is 42.4 Å². The number of carbonyl (C=O) groups excluding carboxylic acids is 2. The molecule has 0 radical (unpaired) electrons. The van der Waals surface area contributed by atoms with Crippen molar-refractivity contribution < 1.29 is 56.4 Å². The van der Waals surface area contributed by atoms with Crippen molar-refractivity contribution in [3.05, 3.63) is 83.7 Å². The lowest BCUT2D eigenvalue weighted by Crippen LogP contribution is -2.63. The fraction of sp³-hybridized carbons (Fsp3) is 0.478. The number of rotatable bonds is 10. The number of nitrogens with one attached hydrogen (secondary N) is 4. The number of hydrogen-bond acceptors (Lipinski definition) is 8. The molecule has 0 aliphatic carbocycles. The van der Waals surface area contributed by atoms with E-state index in [1.807, 2.05) is 6.92 Å². The van der Waals surface area contributed by atoms with Crippen molar-refractivity contribution in [2.24, 2.45) is 11.8 Å². The maximum absolute atomic E-state index is 15.1. The van der Waals surface area contributed by atoms with Crippen LogP contribution in [0.15, 0.2) is 60.9 Å². The number of aromatic amines is 2. The first-order valence-electron chi connectivity index (χ1n) is 21.8. The van der Waals surface area contributed by atoms with Crippen LogP contribution >= 0.6 is 0 Å². The van der Waals surface area contributed by atoms with E-state index in [0.717, 1.165) is 9.80 Å². The molecular weight excluding hydrogens is 869 g/mol. The Bertz CT molecular complexity index is 2500. The van der Waals surface area contributed by atoms with Gasteiger partial charge in [-0.1, -0.05) is 36.1 Å². The van der Waals surface area contributed by atoms with E-state index in [-0.39, 0.29) is 17.8 Å². The largest absolute Gasteiger partial charge is 0.465 e. The van der Waals surface area contributed by atoms with E-state index in [1.54, 1.807) is 48.5 Å². The van der Waals surface area contributed by atoms with Crippen molar-refractivity contribution in [1.82, 2.24) is 40.4 Å². The molecule has 6 N–H and O–H groups in total. The zero-order valence-electron chi connectivity index (χ0n) is 36.2.